The van der Waals surface area contributed by atoms with Crippen molar-refractivity contribution >= 4 is 10.1 Å². The second kappa shape index (κ2) is 1.82. The highest BCUT2D eigenvalue weighted by Crippen LogP contribution is 2.21. The van der Waals surface area contributed by atoms with E-state index in [9.17, 15) is 8.42 Å². The van der Waals surface area contributed by atoms with E-state index in [1.165, 1.54) is 0 Å². The summed E-state index contributed by atoms with van der Waals surface area (Å²) in [5.74, 6) is 0. The first-order chi connectivity index (χ1) is 4.04. The molecular weight excluding hydrogens is 140 g/mol. The first-order valence-electron chi connectivity index (χ1n) is 2.60. The zero-order valence-corrected chi connectivity index (χ0v) is 6.16. The number of hydrogen-bond donors (Lipinski definition) is 0. The minimum Gasteiger partial charge on any atom is -0.262 e. The van der Waals surface area contributed by atoms with Crippen LogP contribution in [0.3, 0.4) is 0 Å². The van der Waals surface area contributed by atoms with Crippen LogP contribution in [0.25, 0.3) is 0 Å². The zero-order valence-electron chi connectivity index (χ0n) is 5.34. The van der Waals surface area contributed by atoms with Gasteiger partial charge in [0.15, 0.2) is 0 Å². The van der Waals surface area contributed by atoms with Crippen molar-refractivity contribution in [2.24, 2.45) is 0 Å². The lowest BCUT2D eigenvalue weighted by Gasteiger charge is -1.89. The van der Waals surface area contributed by atoms with Gasteiger partial charge in [0.25, 0.3) is 10.1 Å². The first kappa shape index (κ1) is 6.77. The van der Waals surface area contributed by atoms with E-state index < -0.39 is 10.1 Å². The number of hydrogen-bond acceptors (Lipinski definition) is 3. The van der Waals surface area contributed by atoms with Gasteiger partial charge in [0.1, 0.15) is 0 Å². The van der Waals surface area contributed by atoms with E-state index in [2.05, 4.69) is 4.18 Å². The molecule has 0 aromatic heterocycles. The molecule has 3 nitrogen and oxygen atoms in total. The Hall–Kier alpha value is -0.350. The lowest BCUT2D eigenvalue weighted by molar-refractivity contribution is 0.367. The van der Waals surface area contributed by atoms with Crippen LogP contribution in [0.1, 0.15) is 13.8 Å². The predicted octanol–water partition coefficient (Wildman–Crippen LogP) is 0.640. The highest BCUT2D eigenvalue weighted by Gasteiger charge is 2.23. The van der Waals surface area contributed by atoms with Crippen LogP contribution < -0.4 is 0 Å². The van der Waals surface area contributed by atoms with Crippen LogP contribution in [0.15, 0.2) is 10.5 Å². The Kier molecular flexibility index (Phi) is 1.36. The second-order valence-electron chi connectivity index (χ2n) is 2.05. The molecule has 0 aliphatic carbocycles. The van der Waals surface area contributed by atoms with Gasteiger partial charge in [-0.3, -0.25) is 4.18 Å². The topological polar surface area (TPSA) is 43.4 Å². The maximum Gasteiger partial charge on any atom is 0.293 e. The molecule has 9 heavy (non-hydrogen) atoms. The third-order valence-electron chi connectivity index (χ3n) is 1.41. The predicted molar refractivity (Wildman–Crippen MR) is 33.2 cm³/mol. The summed E-state index contributed by atoms with van der Waals surface area (Å²) in [5.41, 5.74) is 0.801. The molecule has 4 heteroatoms. The molecule has 1 aliphatic heterocycles. The maximum atomic E-state index is 10.7. The van der Waals surface area contributed by atoms with Crippen molar-refractivity contribution in [2.75, 3.05) is 6.61 Å². The molecular formula is C5H8O3S. The van der Waals surface area contributed by atoms with Crippen molar-refractivity contribution in [1.82, 2.24) is 0 Å². The molecule has 0 amide bonds. The lowest BCUT2D eigenvalue weighted by atomic mass is 10.3. The van der Waals surface area contributed by atoms with E-state index in [0.717, 1.165) is 5.57 Å². The molecule has 0 unspecified atom stereocenters. The van der Waals surface area contributed by atoms with Crippen molar-refractivity contribution in [1.29, 1.82) is 0 Å². The Morgan fingerprint density at radius 3 is 2.11 bits per heavy atom. The highest BCUT2D eigenvalue weighted by atomic mass is 32.2. The van der Waals surface area contributed by atoms with Crippen LogP contribution in [0.2, 0.25) is 0 Å². The van der Waals surface area contributed by atoms with Crippen LogP contribution >= 0.6 is 0 Å². The molecule has 0 atom stereocenters. The van der Waals surface area contributed by atoms with Gasteiger partial charge in [-0.15, -0.1) is 0 Å². The monoisotopic (exact) mass is 148 g/mol. The zero-order chi connectivity index (χ0) is 7.07. The van der Waals surface area contributed by atoms with E-state index >= 15 is 0 Å². The van der Waals surface area contributed by atoms with E-state index in [1.807, 2.05) is 0 Å². The van der Waals surface area contributed by atoms with Gasteiger partial charge in [0, 0.05) is 0 Å². The molecule has 1 rings (SSSR count). The van der Waals surface area contributed by atoms with Crippen molar-refractivity contribution in [3.8, 4) is 0 Å². The van der Waals surface area contributed by atoms with Gasteiger partial charge in [0.05, 0.1) is 11.5 Å². The summed E-state index contributed by atoms with van der Waals surface area (Å²) < 4.78 is 25.8. The van der Waals surface area contributed by atoms with Gasteiger partial charge in [-0.05, 0) is 19.4 Å². The molecule has 0 bridgehead atoms. The fraction of sp³-hybridized carbons (Fsp3) is 0.600. The second-order valence-corrected chi connectivity index (χ2v) is 3.81. The first-order valence-corrected chi connectivity index (χ1v) is 4.00. The summed E-state index contributed by atoms with van der Waals surface area (Å²) in [6, 6.07) is 0. The van der Waals surface area contributed by atoms with Gasteiger partial charge in [-0.25, -0.2) is 0 Å². The van der Waals surface area contributed by atoms with E-state index in [4.69, 9.17) is 0 Å². The van der Waals surface area contributed by atoms with Crippen molar-refractivity contribution in [2.45, 2.75) is 13.8 Å². The Labute approximate surface area is 54.5 Å². The van der Waals surface area contributed by atoms with Gasteiger partial charge in [0.2, 0.25) is 0 Å². The maximum absolute atomic E-state index is 10.7. The van der Waals surface area contributed by atoms with Crippen molar-refractivity contribution < 1.29 is 12.6 Å². The summed E-state index contributed by atoms with van der Waals surface area (Å²) in [6.45, 7) is 3.53. The lowest BCUT2D eigenvalue weighted by Crippen LogP contribution is -1.97. The molecule has 0 aromatic carbocycles. The van der Waals surface area contributed by atoms with Gasteiger partial charge >= 0.3 is 0 Å². The van der Waals surface area contributed by atoms with Crippen LogP contribution in [0.4, 0.5) is 0 Å². The number of rotatable bonds is 0. The van der Waals surface area contributed by atoms with Crippen molar-refractivity contribution in [3.05, 3.63) is 10.5 Å². The standard InChI is InChI=1S/C5H8O3S/c1-4-3-8-9(6,7)5(4)2/h3H2,1-2H3. The van der Waals surface area contributed by atoms with Crippen LogP contribution in [0, 0.1) is 0 Å². The fourth-order valence-corrected chi connectivity index (χ4v) is 1.56. The summed E-state index contributed by atoms with van der Waals surface area (Å²) in [7, 11) is -3.29. The Morgan fingerprint density at radius 2 is 2.00 bits per heavy atom. The Morgan fingerprint density at radius 1 is 1.44 bits per heavy atom. The largest absolute Gasteiger partial charge is 0.293 e. The molecule has 0 N–H and O–H groups in total. The van der Waals surface area contributed by atoms with Gasteiger partial charge < -0.3 is 0 Å². The minimum atomic E-state index is -3.29. The Bertz CT molecular complexity index is 247. The fourth-order valence-electron chi connectivity index (χ4n) is 0.569. The van der Waals surface area contributed by atoms with E-state index in [0.29, 0.717) is 4.91 Å². The van der Waals surface area contributed by atoms with Gasteiger partial charge in [-0.2, -0.15) is 8.42 Å². The van der Waals surface area contributed by atoms with E-state index in [-0.39, 0.29) is 6.61 Å². The third-order valence-corrected chi connectivity index (χ3v) is 2.93. The minimum absolute atomic E-state index is 0.230. The average Bonchev–Trinajstić information content (AvgIpc) is 1.97. The quantitative estimate of drug-likeness (QED) is 0.473. The number of allylic oxidation sites excluding steroid dienone is 1. The summed E-state index contributed by atoms with van der Waals surface area (Å²) in [6.07, 6.45) is 0. The summed E-state index contributed by atoms with van der Waals surface area (Å²) in [5, 5.41) is 0. The van der Waals surface area contributed by atoms with Gasteiger partial charge in [-0.1, -0.05) is 0 Å². The molecule has 0 saturated heterocycles. The third kappa shape index (κ3) is 0.997. The molecule has 0 spiro atoms. The molecule has 0 radical (unpaired) electrons. The average molecular weight is 148 g/mol. The molecule has 1 aliphatic rings. The highest BCUT2D eigenvalue weighted by molar-refractivity contribution is 7.90. The normalized spacial score (nSPS) is 25.1. The van der Waals surface area contributed by atoms with E-state index in [1.54, 1.807) is 13.8 Å². The molecule has 52 valence electrons. The summed E-state index contributed by atoms with van der Waals surface area (Å²) >= 11 is 0. The SMILES string of the molecule is CC1=C(C)S(=O)(=O)OC1. The summed E-state index contributed by atoms with van der Waals surface area (Å²) in [4.78, 5) is 0.363. The van der Waals surface area contributed by atoms with Crippen LogP contribution in [-0.4, -0.2) is 15.0 Å². The van der Waals surface area contributed by atoms with Crippen LogP contribution in [-0.2, 0) is 14.3 Å². The smallest absolute Gasteiger partial charge is 0.262 e. The van der Waals surface area contributed by atoms with Crippen molar-refractivity contribution in [3.63, 3.8) is 0 Å². The Balaban J connectivity index is 3.17. The molecule has 0 saturated carbocycles. The molecule has 1 heterocycles. The molecule has 0 aromatic rings. The van der Waals surface area contributed by atoms with Crippen LogP contribution in [0.5, 0.6) is 0 Å². The molecule has 0 fully saturated rings.